The maximum atomic E-state index is 15.0. The molecule has 0 radical (unpaired) electrons. The Morgan fingerprint density at radius 3 is 2.39 bits per heavy atom. The summed E-state index contributed by atoms with van der Waals surface area (Å²) >= 11 is 7.36. The number of halogens is 5. The van der Waals surface area contributed by atoms with Crippen LogP contribution in [0.25, 0.3) is 10.6 Å². The van der Waals surface area contributed by atoms with Crippen LogP contribution in [-0.4, -0.2) is 104 Å². The number of rotatable bonds is 10. The summed E-state index contributed by atoms with van der Waals surface area (Å²) in [7, 11) is -3.28. The highest BCUT2D eigenvalue weighted by Gasteiger charge is 2.39. The summed E-state index contributed by atoms with van der Waals surface area (Å²) in [6.45, 7) is 2.62. The van der Waals surface area contributed by atoms with Crippen LogP contribution >= 0.6 is 22.9 Å². The van der Waals surface area contributed by atoms with Gasteiger partial charge in [-0.25, -0.2) is 17.6 Å². The van der Waals surface area contributed by atoms with E-state index in [1.54, 1.807) is 23.1 Å². The van der Waals surface area contributed by atoms with Crippen LogP contribution in [0.4, 0.5) is 23.2 Å². The minimum atomic E-state index is -5.08. The number of carboxylic acids is 1. The first-order valence-electron chi connectivity index (χ1n) is 15.8. The van der Waals surface area contributed by atoms with Crippen molar-refractivity contribution in [2.75, 3.05) is 44.7 Å². The second-order valence-electron chi connectivity index (χ2n) is 12.0. The molecule has 4 heterocycles. The second-order valence-corrected chi connectivity index (χ2v) is 15.4. The number of hydrogen-bond acceptors (Lipinski definition) is 10. The summed E-state index contributed by atoms with van der Waals surface area (Å²) in [6.07, 6.45) is -1.24. The SMILES string of the molecule is COc1c(N2CCCCC2=O)cc(F)cc1S(=O)(=O)NC(Cc1cc(-c2ccc(Cl)s2)on1)C(=O)N1CCN(C2CC2)CC1.O=C(O)C(F)(F)F. The number of aliphatic carboxylic acids is 1. The van der Waals surface area contributed by atoms with Gasteiger partial charge >= 0.3 is 12.1 Å². The Balaban J connectivity index is 0.000000654. The van der Waals surface area contributed by atoms with E-state index < -0.39 is 44.8 Å². The van der Waals surface area contributed by atoms with E-state index in [1.165, 1.54) is 23.3 Å². The number of hydrogen-bond donors (Lipinski definition) is 2. The average molecular weight is 780 g/mol. The van der Waals surface area contributed by atoms with Gasteiger partial charge in [0.05, 0.1) is 27.7 Å². The van der Waals surface area contributed by atoms with Crippen LogP contribution in [0.3, 0.4) is 0 Å². The molecule has 1 atom stereocenters. The van der Waals surface area contributed by atoms with E-state index in [0.717, 1.165) is 29.9 Å². The van der Waals surface area contributed by atoms with Crippen LogP contribution in [0.2, 0.25) is 4.34 Å². The summed E-state index contributed by atoms with van der Waals surface area (Å²) in [6, 6.07) is 6.37. The van der Waals surface area contributed by atoms with Crippen molar-refractivity contribution >= 4 is 56.4 Å². The van der Waals surface area contributed by atoms with Crippen LogP contribution in [0, 0.1) is 5.82 Å². The molecule has 1 unspecified atom stereocenters. The molecule has 20 heteroatoms. The van der Waals surface area contributed by atoms with Crippen LogP contribution in [0.5, 0.6) is 5.75 Å². The number of piperidine rings is 1. The Morgan fingerprint density at radius 2 is 1.82 bits per heavy atom. The molecule has 2 N–H and O–H groups in total. The summed E-state index contributed by atoms with van der Waals surface area (Å²) in [5.74, 6) is -4.01. The lowest BCUT2D eigenvalue weighted by molar-refractivity contribution is -0.192. The zero-order chi connectivity index (χ0) is 37.1. The molecule has 1 aliphatic carbocycles. The number of alkyl halides is 3. The second kappa shape index (κ2) is 15.9. The number of carboxylic acid groups (broad SMARTS) is 1. The average Bonchev–Trinajstić information content (AvgIpc) is 3.68. The lowest BCUT2D eigenvalue weighted by atomic mass is 10.1. The number of carbonyl (C=O) groups excluding carboxylic acids is 2. The molecule has 3 aromatic rings. The molecule has 2 aromatic heterocycles. The molecule has 1 saturated carbocycles. The molecule has 2 amide bonds. The first-order chi connectivity index (χ1) is 24.1. The molecule has 0 spiro atoms. The Labute approximate surface area is 299 Å². The van der Waals surface area contributed by atoms with Crippen molar-refractivity contribution in [2.45, 2.75) is 61.7 Å². The van der Waals surface area contributed by atoms with Gasteiger partial charge < -0.3 is 24.2 Å². The standard InChI is InChI=1S/C29H33ClFN5O6S2.C2HF3O2/c1-41-28-22(36-9-3-2-4-27(36)37)14-18(31)15-25(28)44(39,40)33-21(29(38)35-12-10-34(11-13-35)20-5-6-20)16-19-17-23(42-32-19)24-7-8-26(30)43-24;3-2(4,5)1(6)7/h7-8,14-15,17,20-21,33H,2-6,9-13,16H2,1H3;(H,6,7). The van der Waals surface area contributed by atoms with Crippen LogP contribution in [-0.2, 0) is 30.8 Å². The fourth-order valence-electron chi connectivity index (χ4n) is 5.80. The first kappa shape index (κ1) is 38.5. The normalized spacial score (nSPS) is 17.9. The van der Waals surface area contributed by atoms with Crippen molar-refractivity contribution in [1.29, 1.82) is 0 Å². The molecule has 51 heavy (non-hydrogen) atoms. The quantitative estimate of drug-likeness (QED) is 0.279. The zero-order valence-corrected chi connectivity index (χ0v) is 29.5. The van der Waals surface area contributed by atoms with Gasteiger partial charge in [-0.1, -0.05) is 16.8 Å². The number of carbonyl (C=O) groups is 3. The van der Waals surface area contributed by atoms with Gasteiger partial charge in [-0.05, 0) is 43.9 Å². The van der Waals surface area contributed by atoms with Crippen molar-refractivity contribution < 1.29 is 54.7 Å². The lowest BCUT2D eigenvalue weighted by Crippen LogP contribution is -2.55. The highest BCUT2D eigenvalue weighted by molar-refractivity contribution is 7.89. The fraction of sp³-hybridized carbons (Fsp3) is 0.484. The fourth-order valence-corrected chi connectivity index (χ4v) is 8.18. The minimum Gasteiger partial charge on any atom is -0.493 e. The van der Waals surface area contributed by atoms with Gasteiger partial charge in [0.15, 0.2) is 11.5 Å². The molecular formula is C31H34ClF4N5O8S2. The monoisotopic (exact) mass is 779 g/mol. The Morgan fingerprint density at radius 1 is 1.14 bits per heavy atom. The van der Waals surface area contributed by atoms with Crippen molar-refractivity contribution in [3.8, 4) is 16.4 Å². The number of aromatic nitrogens is 1. The Bertz CT molecular complexity index is 1860. The van der Waals surface area contributed by atoms with Gasteiger partial charge in [-0.3, -0.25) is 14.5 Å². The third-order valence-electron chi connectivity index (χ3n) is 8.42. The van der Waals surface area contributed by atoms with E-state index in [2.05, 4.69) is 14.8 Å². The maximum Gasteiger partial charge on any atom is 0.490 e. The highest BCUT2D eigenvalue weighted by atomic mass is 35.5. The van der Waals surface area contributed by atoms with Crippen molar-refractivity contribution in [3.05, 3.63) is 46.2 Å². The predicted molar refractivity (Wildman–Crippen MR) is 177 cm³/mol. The number of nitrogens with one attached hydrogen (secondary N) is 1. The molecule has 278 valence electrons. The van der Waals surface area contributed by atoms with E-state index in [4.69, 9.17) is 30.8 Å². The number of benzene rings is 1. The zero-order valence-electron chi connectivity index (χ0n) is 27.1. The molecule has 2 saturated heterocycles. The Hall–Kier alpha value is -3.78. The summed E-state index contributed by atoms with van der Waals surface area (Å²) < 4.78 is 88.6. The minimum absolute atomic E-state index is 0.0346. The van der Waals surface area contributed by atoms with Gasteiger partial charge in [-0.15, -0.1) is 11.3 Å². The third kappa shape index (κ3) is 9.56. The number of methoxy groups -OCH3 is 1. The van der Waals surface area contributed by atoms with E-state index in [1.807, 2.05) is 0 Å². The van der Waals surface area contributed by atoms with Crippen LogP contribution in [0.1, 0.15) is 37.8 Å². The van der Waals surface area contributed by atoms with Crippen molar-refractivity contribution in [2.24, 2.45) is 0 Å². The topological polar surface area (TPSA) is 163 Å². The summed E-state index contributed by atoms with van der Waals surface area (Å²) in [5.41, 5.74) is 0.389. The van der Waals surface area contributed by atoms with Gasteiger partial charge in [0.1, 0.15) is 16.8 Å². The molecule has 6 rings (SSSR count). The molecule has 2 aliphatic heterocycles. The van der Waals surface area contributed by atoms with E-state index in [9.17, 15) is 35.6 Å². The third-order valence-corrected chi connectivity index (χ3v) is 11.1. The van der Waals surface area contributed by atoms with E-state index >= 15 is 0 Å². The van der Waals surface area contributed by atoms with Gasteiger partial charge in [-0.2, -0.15) is 17.9 Å². The molecule has 3 aliphatic rings. The summed E-state index contributed by atoms with van der Waals surface area (Å²) in [5, 5.41) is 11.2. The number of amides is 2. The first-order valence-corrected chi connectivity index (χ1v) is 18.5. The maximum absolute atomic E-state index is 15.0. The molecular weight excluding hydrogens is 746 g/mol. The molecule has 13 nitrogen and oxygen atoms in total. The van der Waals surface area contributed by atoms with Gasteiger partial charge in [0, 0.05) is 63.7 Å². The number of ether oxygens (including phenoxy) is 1. The van der Waals surface area contributed by atoms with Crippen molar-refractivity contribution in [1.82, 2.24) is 19.7 Å². The molecule has 0 bridgehead atoms. The smallest absolute Gasteiger partial charge is 0.490 e. The predicted octanol–water partition coefficient (Wildman–Crippen LogP) is 4.55. The number of thiophene rings is 1. The van der Waals surface area contributed by atoms with E-state index in [0.29, 0.717) is 67.4 Å². The Kier molecular flexibility index (Phi) is 12.0. The van der Waals surface area contributed by atoms with Gasteiger partial charge in [0.2, 0.25) is 21.8 Å². The highest BCUT2D eigenvalue weighted by Crippen LogP contribution is 2.38. The van der Waals surface area contributed by atoms with E-state index in [-0.39, 0.29) is 30.2 Å². The summed E-state index contributed by atoms with van der Waals surface area (Å²) in [4.78, 5) is 41.0. The van der Waals surface area contributed by atoms with Crippen LogP contribution in [0.15, 0.2) is 39.8 Å². The number of piperazine rings is 1. The number of sulfonamides is 1. The van der Waals surface area contributed by atoms with Gasteiger partial charge in [0.25, 0.3) is 0 Å². The number of nitrogens with zero attached hydrogens (tertiary/aromatic N) is 4. The van der Waals surface area contributed by atoms with Crippen LogP contribution < -0.4 is 14.4 Å². The molecule has 1 aromatic carbocycles. The van der Waals surface area contributed by atoms with Crippen molar-refractivity contribution in [3.63, 3.8) is 0 Å². The number of anilines is 1. The molecule has 3 fully saturated rings. The lowest BCUT2D eigenvalue weighted by Gasteiger charge is -2.36. The largest absolute Gasteiger partial charge is 0.493 e.